The summed E-state index contributed by atoms with van der Waals surface area (Å²) >= 11 is 0. The maximum atomic E-state index is 12.6. The predicted molar refractivity (Wildman–Crippen MR) is 83.1 cm³/mol. The molecule has 1 aliphatic rings. The van der Waals surface area contributed by atoms with Crippen molar-refractivity contribution in [3.05, 3.63) is 45.7 Å². The van der Waals surface area contributed by atoms with Gasteiger partial charge in [-0.15, -0.1) is 0 Å². The van der Waals surface area contributed by atoms with Crippen LogP contribution in [-0.4, -0.2) is 44.6 Å². The molecule has 5 nitrogen and oxygen atoms in total. The highest BCUT2D eigenvalue weighted by molar-refractivity contribution is 7.85. The number of carbonyl (C=O) groups is 1. The SMILES string of the molecule is Cc1c(C(=O)N2CCS(=O)CC2)c(=O)[nH]c2ccccc12. The molecule has 1 aromatic heterocycles. The van der Waals surface area contributed by atoms with Crippen LogP contribution in [-0.2, 0) is 10.8 Å². The van der Waals surface area contributed by atoms with Gasteiger partial charge in [0.2, 0.25) is 0 Å². The van der Waals surface area contributed by atoms with Crippen molar-refractivity contribution in [3.8, 4) is 0 Å². The quantitative estimate of drug-likeness (QED) is 0.856. The molecule has 0 saturated carbocycles. The van der Waals surface area contributed by atoms with E-state index in [-0.39, 0.29) is 17.0 Å². The Labute approximate surface area is 124 Å². The van der Waals surface area contributed by atoms with Crippen LogP contribution in [0.15, 0.2) is 29.1 Å². The van der Waals surface area contributed by atoms with Crippen LogP contribution in [0, 0.1) is 6.92 Å². The molecule has 1 saturated heterocycles. The summed E-state index contributed by atoms with van der Waals surface area (Å²) in [4.78, 5) is 29.2. The van der Waals surface area contributed by atoms with E-state index in [0.717, 1.165) is 10.9 Å². The summed E-state index contributed by atoms with van der Waals surface area (Å²) in [5.41, 5.74) is 1.27. The highest BCUT2D eigenvalue weighted by atomic mass is 32.2. The molecule has 0 atom stereocenters. The number of nitrogens with one attached hydrogen (secondary N) is 1. The topological polar surface area (TPSA) is 70.2 Å². The van der Waals surface area contributed by atoms with Gasteiger partial charge in [-0.3, -0.25) is 13.8 Å². The first-order valence-corrected chi connectivity index (χ1v) is 8.32. The van der Waals surface area contributed by atoms with Crippen LogP contribution in [0.1, 0.15) is 15.9 Å². The normalized spacial score (nSPS) is 16.3. The highest BCUT2D eigenvalue weighted by Crippen LogP contribution is 2.18. The van der Waals surface area contributed by atoms with E-state index in [0.29, 0.717) is 30.2 Å². The summed E-state index contributed by atoms with van der Waals surface area (Å²) in [7, 11) is -0.847. The molecule has 1 amide bonds. The van der Waals surface area contributed by atoms with Crippen LogP contribution in [0.25, 0.3) is 10.9 Å². The average Bonchev–Trinajstić information content (AvgIpc) is 2.48. The number of aromatic amines is 1. The van der Waals surface area contributed by atoms with Crippen molar-refractivity contribution in [2.45, 2.75) is 6.92 Å². The fourth-order valence-electron chi connectivity index (χ4n) is 2.67. The third-order valence-corrected chi connectivity index (χ3v) is 5.14. The molecular formula is C15H16N2O3S. The smallest absolute Gasteiger partial charge is 0.261 e. The number of H-pyrrole nitrogens is 1. The number of para-hydroxylation sites is 1. The minimum atomic E-state index is -0.847. The number of benzene rings is 1. The van der Waals surface area contributed by atoms with Crippen LogP contribution in [0.3, 0.4) is 0 Å². The lowest BCUT2D eigenvalue weighted by Gasteiger charge is -2.26. The van der Waals surface area contributed by atoms with Gasteiger partial charge in [-0.1, -0.05) is 18.2 Å². The van der Waals surface area contributed by atoms with E-state index in [9.17, 15) is 13.8 Å². The summed E-state index contributed by atoms with van der Waals surface area (Å²) < 4.78 is 11.4. The summed E-state index contributed by atoms with van der Waals surface area (Å²) in [6, 6.07) is 7.44. The van der Waals surface area contributed by atoms with E-state index in [1.54, 1.807) is 11.8 Å². The second-order valence-corrected chi connectivity index (χ2v) is 6.84. The molecule has 1 fully saturated rings. The number of pyridine rings is 1. The van der Waals surface area contributed by atoms with Crippen molar-refractivity contribution in [1.82, 2.24) is 9.88 Å². The number of aromatic nitrogens is 1. The number of amides is 1. The molecule has 21 heavy (non-hydrogen) atoms. The molecule has 2 aromatic rings. The molecule has 0 radical (unpaired) electrons. The van der Waals surface area contributed by atoms with E-state index in [4.69, 9.17) is 0 Å². The standard InChI is InChI=1S/C15H16N2O3S/c1-10-11-4-2-3-5-12(11)16-14(18)13(10)15(19)17-6-8-21(20)9-7-17/h2-5H,6-9H2,1H3,(H,16,18). The Bertz CT molecular complexity index is 787. The number of carbonyl (C=O) groups excluding carboxylic acids is 1. The molecule has 1 aliphatic heterocycles. The van der Waals surface area contributed by atoms with Crippen LogP contribution in [0.2, 0.25) is 0 Å². The lowest BCUT2D eigenvalue weighted by molar-refractivity contribution is 0.0769. The van der Waals surface area contributed by atoms with Crippen molar-refractivity contribution >= 4 is 27.6 Å². The molecule has 2 heterocycles. The first-order chi connectivity index (χ1) is 10.1. The Morgan fingerprint density at radius 3 is 2.62 bits per heavy atom. The van der Waals surface area contributed by atoms with Gasteiger partial charge < -0.3 is 9.88 Å². The van der Waals surface area contributed by atoms with Crippen LogP contribution in [0.5, 0.6) is 0 Å². The molecule has 110 valence electrons. The van der Waals surface area contributed by atoms with Gasteiger partial charge in [0, 0.05) is 46.3 Å². The van der Waals surface area contributed by atoms with Crippen molar-refractivity contribution in [3.63, 3.8) is 0 Å². The first kappa shape index (κ1) is 14.0. The van der Waals surface area contributed by atoms with Crippen molar-refractivity contribution in [2.75, 3.05) is 24.6 Å². The van der Waals surface area contributed by atoms with Gasteiger partial charge in [-0.25, -0.2) is 0 Å². The zero-order valence-electron chi connectivity index (χ0n) is 11.7. The van der Waals surface area contributed by atoms with Gasteiger partial charge in [0.1, 0.15) is 5.56 Å². The molecule has 1 aromatic carbocycles. The largest absolute Gasteiger partial charge is 0.337 e. The van der Waals surface area contributed by atoms with Gasteiger partial charge in [-0.05, 0) is 18.6 Å². The molecule has 0 unspecified atom stereocenters. The molecule has 0 spiro atoms. The Kier molecular flexibility index (Phi) is 3.63. The van der Waals surface area contributed by atoms with Crippen molar-refractivity contribution in [2.24, 2.45) is 0 Å². The monoisotopic (exact) mass is 304 g/mol. The molecule has 6 heteroatoms. The minimum absolute atomic E-state index is 0.196. The Morgan fingerprint density at radius 1 is 1.24 bits per heavy atom. The summed E-state index contributed by atoms with van der Waals surface area (Å²) in [6.07, 6.45) is 0. The van der Waals surface area contributed by atoms with Crippen LogP contribution in [0.4, 0.5) is 0 Å². The number of rotatable bonds is 1. The minimum Gasteiger partial charge on any atom is -0.337 e. The van der Waals surface area contributed by atoms with Gasteiger partial charge >= 0.3 is 0 Å². The van der Waals surface area contributed by atoms with E-state index in [2.05, 4.69) is 4.98 Å². The second kappa shape index (κ2) is 5.44. The molecule has 3 rings (SSSR count). The van der Waals surface area contributed by atoms with E-state index in [1.807, 2.05) is 24.3 Å². The zero-order valence-corrected chi connectivity index (χ0v) is 12.5. The average molecular weight is 304 g/mol. The van der Waals surface area contributed by atoms with Crippen LogP contribution < -0.4 is 5.56 Å². The first-order valence-electron chi connectivity index (χ1n) is 6.84. The highest BCUT2D eigenvalue weighted by Gasteiger charge is 2.25. The Balaban J connectivity index is 2.06. The van der Waals surface area contributed by atoms with Crippen molar-refractivity contribution < 1.29 is 9.00 Å². The Morgan fingerprint density at radius 2 is 1.90 bits per heavy atom. The number of hydrogen-bond acceptors (Lipinski definition) is 3. The number of fused-ring (bicyclic) bond motifs is 1. The van der Waals surface area contributed by atoms with Gasteiger partial charge in [0.05, 0.1) is 0 Å². The van der Waals surface area contributed by atoms with Crippen molar-refractivity contribution in [1.29, 1.82) is 0 Å². The van der Waals surface area contributed by atoms with Gasteiger partial charge in [0.25, 0.3) is 11.5 Å². The summed E-state index contributed by atoms with van der Waals surface area (Å²) in [5.74, 6) is 0.697. The van der Waals surface area contributed by atoms with Gasteiger partial charge in [-0.2, -0.15) is 0 Å². The van der Waals surface area contributed by atoms with E-state index < -0.39 is 10.8 Å². The molecule has 1 N–H and O–H groups in total. The van der Waals surface area contributed by atoms with E-state index >= 15 is 0 Å². The fraction of sp³-hybridized carbons (Fsp3) is 0.333. The maximum Gasteiger partial charge on any atom is 0.261 e. The lowest BCUT2D eigenvalue weighted by atomic mass is 10.0. The summed E-state index contributed by atoms with van der Waals surface area (Å²) in [5, 5.41) is 0.876. The molecule has 0 aliphatic carbocycles. The molecular weight excluding hydrogens is 288 g/mol. The lowest BCUT2D eigenvalue weighted by Crippen LogP contribution is -2.43. The third kappa shape index (κ3) is 2.51. The molecule has 0 bridgehead atoms. The number of hydrogen-bond donors (Lipinski definition) is 1. The summed E-state index contributed by atoms with van der Waals surface area (Å²) in [6.45, 7) is 2.68. The Hall–Kier alpha value is -1.95. The predicted octanol–water partition coefficient (Wildman–Crippen LogP) is 1.04. The zero-order chi connectivity index (χ0) is 15.0. The second-order valence-electron chi connectivity index (χ2n) is 5.14. The number of aryl methyl sites for hydroxylation is 1. The fourth-order valence-corrected chi connectivity index (χ4v) is 3.72. The van der Waals surface area contributed by atoms with Crippen LogP contribution >= 0.6 is 0 Å². The van der Waals surface area contributed by atoms with E-state index in [1.165, 1.54) is 0 Å². The number of nitrogens with zero attached hydrogens (tertiary/aromatic N) is 1. The maximum absolute atomic E-state index is 12.6. The van der Waals surface area contributed by atoms with Gasteiger partial charge in [0.15, 0.2) is 0 Å². The third-order valence-electron chi connectivity index (χ3n) is 3.86.